The molecule has 0 bridgehead atoms. The van der Waals surface area contributed by atoms with E-state index in [1.165, 1.54) is 12.3 Å². The minimum atomic E-state index is -0.966. The van der Waals surface area contributed by atoms with Crippen molar-refractivity contribution in [3.63, 3.8) is 0 Å². The first-order valence-electron chi connectivity index (χ1n) is 5.36. The van der Waals surface area contributed by atoms with Gasteiger partial charge in [0.05, 0.1) is 16.5 Å². The highest BCUT2D eigenvalue weighted by atomic mass is 35.5. The van der Waals surface area contributed by atoms with Gasteiger partial charge in [-0.3, -0.25) is 9.59 Å². The Morgan fingerprint density at radius 2 is 1.95 bits per heavy atom. The van der Waals surface area contributed by atoms with Crippen molar-refractivity contribution < 1.29 is 9.90 Å². The van der Waals surface area contributed by atoms with Crippen LogP contribution in [-0.2, 0) is 11.2 Å². The van der Waals surface area contributed by atoms with Gasteiger partial charge >= 0.3 is 5.97 Å². The number of hydrogen-bond acceptors (Lipinski definition) is 2. The number of rotatable bonds is 3. The highest BCUT2D eigenvalue weighted by Crippen LogP contribution is 2.27. The molecule has 0 fully saturated rings. The van der Waals surface area contributed by atoms with Crippen LogP contribution in [0, 0.1) is 0 Å². The van der Waals surface area contributed by atoms with Gasteiger partial charge in [0, 0.05) is 11.8 Å². The molecule has 98 valence electrons. The van der Waals surface area contributed by atoms with Gasteiger partial charge in [-0.25, -0.2) is 0 Å². The van der Waals surface area contributed by atoms with Crippen LogP contribution in [-0.4, -0.2) is 16.1 Å². The summed E-state index contributed by atoms with van der Waals surface area (Å²) in [6.45, 7) is 0. The Labute approximate surface area is 118 Å². The number of H-pyrrole nitrogens is 1. The number of pyridine rings is 1. The van der Waals surface area contributed by atoms with Crippen molar-refractivity contribution in [1.29, 1.82) is 0 Å². The fraction of sp³-hybridized carbons (Fsp3) is 0.0769. The minimum absolute atomic E-state index is 0.162. The van der Waals surface area contributed by atoms with Crippen molar-refractivity contribution in [2.45, 2.75) is 6.42 Å². The van der Waals surface area contributed by atoms with E-state index in [-0.39, 0.29) is 12.0 Å². The van der Waals surface area contributed by atoms with Crippen LogP contribution < -0.4 is 5.56 Å². The molecular weight excluding hydrogens is 289 g/mol. The number of aromatic amines is 1. The lowest BCUT2D eigenvalue weighted by Crippen LogP contribution is -2.11. The van der Waals surface area contributed by atoms with E-state index in [9.17, 15) is 9.59 Å². The number of carboxylic acid groups (broad SMARTS) is 1. The molecule has 2 N–H and O–H groups in total. The average molecular weight is 298 g/mol. The number of aliphatic carboxylic acids is 1. The largest absolute Gasteiger partial charge is 0.481 e. The molecule has 2 aromatic rings. The Bertz CT molecular complexity index is 695. The third kappa shape index (κ3) is 3.16. The van der Waals surface area contributed by atoms with Crippen LogP contribution >= 0.6 is 23.2 Å². The van der Waals surface area contributed by atoms with Crippen molar-refractivity contribution in [3.05, 3.63) is 56.4 Å². The molecule has 0 aliphatic rings. The van der Waals surface area contributed by atoms with Gasteiger partial charge in [-0.1, -0.05) is 29.3 Å². The van der Waals surface area contributed by atoms with E-state index in [1.54, 1.807) is 18.2 Å². The van der Waals surface area contributed by atoms with Crippen molar-refractivity contribution >= 4 is 29.2 Å². The molecule has 0 saturated carbocycles. The maximum atomic E-state index is 11.8. The molecule has 1 heterocycles. The van der Waals surface area contributed by atoms with Gasteiger partial charge in [0.25, 0.3) is 5.56 Å². The second kappa shape index (κ2) is 5.47. The minimum Gasteiger partial charge on any atom is -0.481 e. The Morgan fingerprint density at radius 1 is 1.21 bits per heavy atom. The Balaban J connectivity index is 2.51. The molecule has 0 unspecified atom stereocenters. The maximum absolute atomic E-state index is 11.8. The fourth-order valence-corrected chi connectivity index (χ4v) is 1.98. The summed E-state index contributed by atoms with van der Waals surface area (Å²) in [6, 6.07) is 6.34. The van der Waals surface area contributed by atoms with Crippen LogP contribution in [0.15, 0.2) is 35.3 Å². The van der Waals surface area contributed by atoms with E-state index in [4.69, 9.17) is 28.3 Å². The quantitative estimate of drug-likeness (QED) is 0.915. The third-order valence-electron chi connectivity index (χ3n) is 2.55. The lowest BCUT2D eigenvalue weighted by Gasteiger charge is -2.04. The van der Waals surface area contributed by atoms with Crippen LogP contribution in [0.1, 0.15) is 5.56 Å². The van der Waals surface area contributed by atoms with Crippen LogP contribution in [0.5, 0.6) is 0 Å². The average Bonchev–Trinajstić information content (AvgIpc) is 2.34. The van der Waals surface area contributed by atoms with Gasteiger partial charge in [0.1, 0.15) is 0 Å². The lowest BCUT2D eigenvalue weighted by atomic mass is 10.0. The summed E-state index contributed by atoms with van der Waals surface area (Å²) in [5.74, 6) is -0.966. The molecule has 0 spiro atoms. The molecule has 0 atom stereocenters. The second-order valence-electron chi connectivity index (χ2n) is 3.95. The number of hydrogen-bond donors (Lipinski definition) is 2. The predicted octanol–water partition coefficient (Wildman–Crippen LogP) is 2.98. The molecule has 19 heavy (non-hydrogen) atoms. The van der Waals surface area contributed by atoms with Crippen LogP contribution in [0.3, 0.4) is 0 Å². The summed E-state index contributed by atoms with van der Waals surface area (Å²) in [7, 11) is 0. The molecule has 0 amide bonds. The van der Waals surface area contributed by atoms with Gasteiger partial charge in [-0.15, -0.1) is 0 Å². The number of carbonyl (C=O) groups is 1. The first-order chi connectivity index (χ1) is 8.97. The Morgan fingerprint density at radius 3 is 2.58 bits per heavy atom. The van der Waals surface area contributed by atoms with Crippen LogP contribution in [0.4, 0.5) is 0 Å². The lowest BCUT2D eigenvalue weighted by molar-refractivity contribution is -0.136. The van der Waals surface area contributed by atoms with Crippen LogP contribution in [0.2, 0.25) is 10.0 Å². The fourth-order valence-electron chi connectivity index (χ4n) is 1.68. The summed E-state index contributed by atoms with van der Waals surface area (Å²) >= 11 is 11.7. The normalized spacial score (nSPS) is 10.4. The van der Waals surface area contributed by atoms with Gasteiger partial charge in [-0.05, 0) is 29.3 Å². The molecule has 4 nitrogen and oxygen atoms in total. The topological polar surface area (TPSA) is 70.2 Å². The highest BCUT2D eigenvalue weighted by molar-refractivity contribution is 6.42. The van der Waals surface area contributed by atoms with E-state index in [0.717, 1.165) is 0 Å². The van der Waals surface area contributed by atoms with E-state index in [1.807, 2.05) is 0 Å². The number of carboxylic acids is 1. The number of aromatic nitrogens is 1. The Hall–Kier alpha value is -1.78. The summed E-state index contributed by atoms with van der Waals surface area (Å²) < 4.78 is 0. The third-order valence-corrected chi connectivity index (χ3v) is 3.29. The van der Waals surface area contributed by atoms with Crippen molar-refractivity contribution in [2.24, 2.45) is 0 Å². The molecular formula is C13H9Cl2NO3. The molecule has 1 aromatic heterocycles. The summed E-state index contributed by atoms with van der Waals surface area (Å²) in [5.41, 5.74) is 1.14. The van der Waals surface area contributed by atoms with E-state index in [0.29, 0.717) is 26.7 Å². The van der Waals surface area contributed by atoms with Gasteiger partial charge in [0.15, 0.2) is 0 Å². The van der Waals surface area contributed by atoms with Crippen molar-refractivity contribution in [1.82, 2.24) is 4.98 Å². The Kier molecular flexibility index (Phi) is 3.93. The van der Waals surface area contributed by atoms with Gasteiger partial charge in [-0.2, -0.15) is 0 Å². The first kappa shape index (κ1) is 13.6. The van der Waals surface area contributed by atoms with Gasteiger partial charge < -0.3 is 10.1 Å². The molecule has 2 rings (SSSR count). The molecule has 1 aromatic carbocycles. The van der Waals surface area contributed by atoms with Crippen molar-refractivity contribution in [3.8, 4) is 11.1 Å². The van der Waals surface area contributed by atoms with Crippen molar-refractivity contribution in [2.75, 3.05) is 0 Å². The molecule has 6 heteroatoms. The highest BCUT2D eigenvalue weighted by Gasteiger charge is 2.09. The number of benzene rings is 1. The zero-order chi connectivity index (χ0) is 14.0. The zero-order valence-corrected chi connectivity index (χ0v) is 11.1. The molecule has 0 radical (unpaired) electrons. The molecule has 0 aliphatic heterocycles. The smallest absolute Gasteiger partial charge is 0.307 e. The summed E-state index contributed by atoms with van der Waals surface area (Å²) in [5, 5.41) is 9.48. The zero-order valence-electron chi connectivity index (χ0n) is 9.61. The number of halogens is 2. The van der Waals surface area contributed by atoms with E-state index >= 15 is 0 Å². The van der Waals surface area contributed by atoms with E-state index < -0.39 is 5.97 Å². The maximum Gasteiger partial charge on any atom is 0.307 e. The first-order valence-corrected chi connectivity index (χ1v) is 6.12. The second-order valence-corrected chi connectivity index (χ2v) is 4.76. The monoisotopic (exact) mass is 297 g/mol. The van der Waals surface area contributed by atoms with E-state index in [2.05, 4.69) is 4.98 Å². The SMILES string of the molecule is O=C(O)Cc1c[nH]c(=O)c(-c2ccc(Cl)c(Cl)c2)c1. The van der Waals surface area contributed by atoms with Crippen LogP contribution in [0.25, 0.3) is 11.1 Å². The number of nitrogens with one attached hydrogen (secondary N) is 1. The van der Waals surface area contributed by atoms with Gasteiger partial charge in [0.2, 0.25) is 0 Å². The standard InChI is InChI=1S/C13H9Cl2NO3/c14-10-2-1-8(5-11(10)15)9-3-7(4-12(17)18)6-16-13(9)19/h1-3,5-6H,4H2,(H,16,19)(H,17,18). The molecule has 0 aliphatic carbocycles. The molecule has 0 saturated heterocycles. The summed E-state index contributed by atoms with van der Waals surface area (Å²) in [6.07, 6.45) is 1.22. The summed E-state index contributed by atoms with van der Waals surface area (Å²) in [4.78, 5) is 25.0. The predicted molar refractivity (Wildman–Crippen MR) is 73.9 cm³/mol.